The Morgan fingerprint density at radius 3 is 2.52 bits per heavy atom. The Labute approximate surface area is 132 Å². The van der Waals surface area contributed by atoms with Gasteiger partial charge in [-0.05, 0) is 25.5 Å². The molecule has 1 aromatic heterocycles. The molecule has 0 fully saturated rings. The fourth-order valence-corrected chi connectivity index (χ4v) is 1.90. The molecule has 0 saturated heterocycles. The smallest absolute Gasteiger partial charge is 0.325 e. The largest absolute Gasteiger partial charge is 0.480 e. The molecule has 0 saturated carbocycles. The van der Waals surface area contributed by atoms with E-state index in [-0.39, 0.29) is 5.69 Å². The molecule has 1 aromatic carbocycles. The highest BCUT2D eigenvalue weighted by Gasteiger charge is 2.14. The number of nitrogens with one attached hydrogen (secondary N) is 1. The van der Waals surface area contributed by atoms with Crippen LogP contribution in [0.3, 0.4) is 0 Å². The van der Waals surface area contributed by atoms with Gasteiger partial charge in [0.25, 0.3) is 5.69 Å². The average Bonchev–Trinajstić information content (AvgIpc) is 2.54. The van der Waals surface area contributed by atoms with Gasteiger partial charge >= 0.3 is 5.97 Å². The standard InChI is InChI=1S/C15H16N4O4/c1-3-11-8-13(16-9(2)15(20)21)18-14(17-11)10-4-6-12(7-5-10)19(22)23/h4-9H,3H2,1-2H3,(H,20,21)(H,16,17,18). The molecule has 2 N–H and O–H groups in total. The van der Waals surface area contributed by atoms with Crippen LogP contribution in [0.15, 0.2) is 30.3 Å². The molecule has 0 spiro atoms. The quantitative estimate of drug-likeness (QED) is 0.620. The monoisotopic (exact) mass is 316 g/mol. The van der Waals surface area contributed by atoms with E-state index in [1.165, 1.54) is 19.1 Å². The van der Waals surface area contributed by atoms with Crippen molar-refractivity contribution in [2.75, 3.05) is 5.32 Å². The lowest BCUT2D eigenvalue weighted by Crippen LogP contribution is -2.26. The number of aryl methyl sites for hydroxylation is 1. The molecule has 0 aliphatic carbocycles. The zero-order valence-corrected chi connectivity index (χ0v) is 12.7. The predicted octanol–water partition coefficient (Wildman–Crippen LogP) is 2.50. The van der Waals surface area contributed by atoms with Gasteiger partial charge in [0.1, 0.15) is 11.9 Å². The number of nitro benzene ring substituents is 1. The first-order valence-electron chi connectivity index (χ1n) is 7.02. The summed E-state index contributed by atoms with van der Waals surface area (Å²) in [6.07, 6.45) is 0.651. The SMILES string of the molecule is CCc1cc(NC(C)C(=O)O)nc(-c2ccc([N+](=O)[O-])cc2)n1. The Morgan fingerprint density at radius 1 is 1.35 bits per heavy atom. The van der Waals surface area contributed by atoms with Gasteiger partial charge in [0.2, 0.25) is 0 Å². The van der Waals surface area contributed by atoms with Crippen LogP contribution in [0.1, 0.15) is 19.5 Å². The molecule has 0 bridgehead atoms. The number of aliphatic carboxylic acids is 1. The molecule has 0 aliphatic heterocycles. The van der Waals surface area contributed by atoms with Crippen LogP contribution in [-0.2, 0) is 11.2 Å². The minimum atomic E-state index is -0.987. The second kappa shape index (κ2) is 6.82. The number of carboxylic acid groups (broad SMARTS) is 1. The first-order valence-corrected chi connectivity index (χ1v) is 7.02. The summed E-state index contributed by atoms with van der Waals surface area (Å²) in [6.45, 7) is 3.44. The number of nitro groups is 1. The van der Waals surface area contributed by atoms with Crippen molar-refractivity contribution in [1.29, 1.82) is 0 Å². The summed E-state index contributed by atoms with van der Waals surface area (Å²) < 4.78 is 0. The summed E-state index contributed by atoms with van der Waals surface area (Å²) in [5, 5.41) is 22.5. The molecule has 120 valence electrons. The van der Waals surface area contributed by atoms with Gasteiger partial charge in [0, 0.05) is 29.5 Å². The highest BCUT2D eigenvalue weighted by Crippen LogP contribution is 2.21. The molecule has 0 amide bonds. The van der Waals surface area contributed by atoms with Gasteiger partial charge in [-0.3, -0.25) is 14.9 Å². The molecular weight excluding hydrogens is 300 g/mol. The number of hydrogen-bond donors (Lipinski definition) is 2. The molecule has 0 radical (unpaired) electrons. The van der Waals surface area contributed by atoms with E-state index in [0.717, 1.165) is 5.69 Å². The number of anilines is 1. The molecule has 0 aliphatic rings. The minimum Gasteiger partial charge on any atom is -0.480 e. The van der Waals surface area contributed by atoms with Crippen molar-refractivity contribution in [3.8, 4) is 11.4 Å². The third-order valence-electron chi connectivity index (χ3n) is 3.21. The number of carbonyl (C=O) groups is 1. The second-order valence-electron chi connectivity index (χ2n) is 4.93. The molecule has 1 unspecified atom stereocenters. The summed E-state index contributed by atoms with van der Waals surface area (Å²) in [4.78, 5) is 29.8. The molecule has 23 heavy (non-hydrogen) atoms. The maximum Gasteiger partial charge on any atom is 0.325 e. The number of rotatable bonds is 6. The number of non-ortho nitro benzene ring substituents is 1. The van der Waals surface area contributed by atoms with Crippen molar-refractivity contribution in [1.82, 2.24) is 9.97 Å². The van der Waals surface area contributed by atoms with Gasteiger partial charge in [-0.25, -0.2) is 9.97 Å². The maximum atomic E-state index is 10.9. The molecule has 1 atom stereocenters. The van der Waals surface area contributed by atoms with Crippen LogP contribution in [0, 0.1) is 10.1 Å². The lowest BCUT2D eigenvalue weighted by atomic mass is 10.2. The summed E-state index contributed by atoms with van der Waals surface area (Å²) in [5.41, 5.74) is 1.35. The lowest BCUT2D eigenvalue weighted by Gasteiger charge is -2.12. The zero-order valence-electron chi connectivity index (χ0n) is 12.7. The average molecular weight is 316 g/mol. The molecule has 8 heteroatoms. The van der Waals surface area contributed by atoms with Crippen LogP contribution in [0.4, 0.5) is 11.5 Å². The fraction of sp³-hybridized carbons (Fsp3) is 0.267. The van der Waals surface area contributed by atoms with Crippen LogP contribution in [0.5, 0.6) is 0 Å². The van der Waals surface area contributed by atoms with Crippen LogP contribution in [0.25, 0.3) is 11.4 Å². The van der Waals surface area contributed by atoms with E-state index in [0.29, 0.717) is 23.6 Å². The van der Waals surface area contributed by atoms with Crippen molar-refractivity contribution >= 4 is 17.5 Å². The van der Waals surface area contributed by atoms with E-state index >= 15 is 0 Å². The number of benzene rings is 1. The van der Waals surface area contributed by atoms with E-state index in [1.54, 1.807) is 18.2 Å². The normalized spacial score (nSPS) is 11.7. The van der Waals surface area contributed by atoms with Crippen molar-refractivity contribution in [2.45, 2.75) is 26.3 Å². The predicted molar refractivity (Wildman–Crippen MR) is 84.2 cm³/mol. The third-order valence-corrected chi connectivity index (χ3v) is 3.21. The van der Waals surface area contributed by atoms with E-state index < -0.39 is 16.9 Å². The van der Waals surface area contributed by atoms with Crippen molar-refractivity contribution < 1.29 is 14.8 Å². The fourth-order valence-electron chi connectivity index (χ4n) is 1.90. The van der Waals surface area contributed by atoms with Gasteiger partial charge in [0.05, 0.1) is 4.92 Å². The summed E-state index contributed by atoms with van der Waals surface area (Å²) >= 11 is 0. The van der Waals surface area contributed by atoms with Crippen LogP contribution in [-0.4, -0.2) is 32.0 Å². The van der Waals surface area contributed by atoms with Crippen molar-refractivity contribution in [3.05, 3.63) is 46.1 Å². The number of aromatic nitrogens is 2. The number of hydrogen-bond acceptors (Lipinski definition) is 6. The first-order chi connectivity index (χ1) is 10.9. The van der Waals surface area contributed by atoms with Gasteiger partial charge in [-0.1, -0.05) is 6.92 Å². The Hall–Kier alpha value is -3.03. The van der Waals surface area contributed by atoms with Crippen molar-refractivity contribution in [3.63, 3.8) is 0 Å². The second-order valence-corrected chi connectivity index (χ2v) is 4.93. The van der Waals surface area contributed by atoms with E-state index in [4.69, 9.17) is 5.11 Å². The molecular formula is C15H16N4O4. The Bertz CT molecular complexity index is 731. The van der Waals surface area contributed by atoms with Gasteiger partial charge in [-0.2, -0.15) is 0 Å². The van der Waals surface area contributed by atoms with Gasteiger partial charge in [0.15, 0.2) is 5.82 Å². The Morgan fingerprint density at radius 2 is 2.00 bits per heavy atom. The molecule has 2 rings (SSSR count). The summed E-state index contributed by atoms with van der Waals surface area (Å²) in [5.74, 6) is -0.196. The number of carboxylic acids is 1. The highest BCUT2D eigenvalue weighted by atomic mass is 16.6. The van der Waals surface area contributed by atoms with E-state index in [1.807, 2.05) is 6.92 Å². The Kier molecular flexibility index (Phi) is 4.85. The molecule has 8 nitrogen and oxygen atoms in total. The van der Waals surface area contributed by atoms with Crippen LogP contribution < -0.4 is 5.32 Å². The third kappa shape index (κ3) is 4.00. The molecule has 1 heterocycles. The summed E-state index contributed by atoms with van der Waals surface area (Å²) in [7, 11) is 0. The minimum absolute atomic E-state index is 0.0155. The summed E-state index contributed by atoms with van der Waals surface area (Å²) in [6, 6.07) is 6.79. The number of nitrogens with zero attached hydrogens (tertiary/aromatic N) is 3. The Balaban J connectivity index is 2.37. The van der Waals surface area contributed by atoms with E-state index in [9.17, 15) is 14.9 Å². The lowest BCUT2D eigenvalue weighted by molar-refractivity contribution is -0.384. The van der Waals surface area contributed by atoms with Crippen LogP contribution >= 0.6 is 0 Å². The topological polar surface area (TPSA) is 118 Å². The van der Waals surface area contributed by atoms with Crippen molar-refractivity contribution in [2.24, 2.45) is 0 Å². The molecule has 2 aromatic rings. The van der Waals surface area contributed by atoms with Gasteiger partial charge < -0.3 is 10.4 Å². The van der Waals surface area contributed by atoms with E-state index in [2.05, 4.69) is 15.3 Å². The maximum absolute atomic E-state index is 10.9. The zero-order chi connectivity index (χ0) is 17.0. The highest BCUT2D eigenvalue weighted by molar-refractivity contribution is 5.76. The van der Waals surface area contributed by atoms with Gasteiger partial charge in [-0.15, -0.1) is 0 Å². The van der Waals surface area contributed by atoms with Crippen LogP contribution in [0.2, 0.25) is 0 Å². The first kappa shape index (κ1) is 16.3.